The minimum Gasteiger partial charge on any atom is -0.494 e. The molecule has 1 aliphatic rings. The van der Waals surface area contributed by atoms with Crippen molar-refractivity contribution in [2.45, 2.75) is 51.7 Å². The zero-order chi connectivity index (χ0) is 15.5. The number of benzene rings is 1. The van der Waals surface area contributed by atoms with Crippen LogP contribution in [0.15, 0.2) is 18.2 Å². The molecule has 0 unspecified atom stereocenters. The van der Waals surface area contributed by atoms with Crippen molar-refractivity contribution in [3.05, 3.63) is 29.6 Å². The molecule has 0 aromatic heterocycles. The van der Waals surface area contributed by atoms with Crippen LogP contribution in [-0.4, -0.2) is 19.3 Å². The Labute approximate surface area is 126 Å². The summed E-state index contributed by atoms with van der Waals surface area (Å²) in [5.74, 6) is -0.0917. The Bertz CT molecular complexity index is 478. The van der Waals surface area contributed by atoms with Gasteiger partial charge in [-0.05, 0) is 37.2 Å². The molecule has 2 rings (SSSR count). The molecule has 1 aliphatic carbocycles. The lowest BCUT2D eigenvalue weighted by Crippen LogP contribution is -2.45. The van der Waals surface area contributed by atoms with E-state index >= 15 is 0 Å². The van der Waals surface area contributed by atoms with E-state index in [0.717, 1.165) is 25.7 Å². The first-order chi connectivity index (χ1) is 9.91. The van der Waals surface area contributed by atoms with Crippen LogP contribution in [0, 0.1) is 11.2 Å². The first-order valence-corrected chi connectivity index (χ1v) is 7.57. The molecule has 3 nitrogen and oxygen atoms in total. The van der Waals surface area contributed by atoms with Crippen LogP contribution in [0.4, 0.5) is 4.39 Å². The Morgan fingerprint density at radius 1 is 1.19 bits per heavy atom. The van der Waals surface area contributed by atoms with Crippen LogP contribution < -0.4 is 10.5 Å². The van der Waals surface area contributed by atoms with Gasteiger partial charge in [0.2, 0.25) is 0 Å². The van der Waals surface area contributed by atoms with Crippen LogP contribution in [0.3, 0.4) is 0 Å². The smallest absolute Gasteiger partial charge is 0.170 e. The molecule has 0 saturated heterocycles. The van der Waals surface area contributed by atoms with Crippen molar-refractivity contribution in [3.63, 3.8) is 0 Å². The summed E-state index contributed by atoms with van der Waals surface area (Å²) in [6.45, 7) is 5.26. The number of halogens is 1. The summed E-state index contributed by atoms with van der Waals surface area (Å²) in [6.07, 6.45) is 4.04. The van der Waals surface area contributed by atoms with Crippen LogP contribution in [0.2, 0.25) is 0 Å². The second-order valence-electron chi connectivity index (χ2n) is 6.77. The van der Waals surface area contributed by atoms with Crippen LogP contribution in [0.1, 0.15) is 45.1 Å². The molecule has 0 amide bonds. The Morgan fingerprint density at radius 2 is 1.86 bits per heavy atom. The Morgan fingerprint density at radius 3 is 2.43 bits per heavy atom. The zero-order valence-electron chi connectivity index (χ0n) is 13.2. The minimum absolute atomic E-state index is 0.237. The predicted molar refractivity (Wildman–Crippen MR) is 81.8 cm³/mol. The largest absolute Gasteiger partial charge is 0.494 e. The highest BCUT2D eigenvalue weighted by Crippen LogP contribution is 2.42. The third-order valence-corrected chi connectivity index (χ3v) is 4.68. The third kappa shape index (κ3) is 3.74. The van der Waals surface area contributed by atoms with E-state index in [2.05, 4.69) is 13.8 Å². The molecule has 0 aliphatic heterocycles. The number of hydrogen-bond acceptors (Lipinski definition) is 3. The highest BCUT2D eigenvalue weighted by molar-refractivity contribution is 5.30. The number of ether oxygens (including phenoxy) is 2. The lowest BCUT2D eigenvalue weighted by Gasteiger charge is -2.42. The maximum atomic E-state index is 14.1. The SMILES string of the molecule is COc1cccc(COC2(CN)CCC(C)(C)CC2)c1F. The van der Waals surface area contributed by atoms with Crippen LogP contribution >= 0.6 is 0 Å². The number of hydrogen-bond donors (Lipinski definition) is 1. The topological polar surface area (TPSA) is 44.5 Å². The third-order valence-electron chi connectivity index (χ3n) is 4.68. The van der Waals surface area contributed by atoms with E-state index in [4.69, 9.17) is 15.2 Å². The fraction of sp³-hybridized carbons (Fsp3) is 0.647. The monoisotopic (exact) mass is 295 g/mol. The molecular formula is C17H26FNO2. The Balaban J connectivity index is 2.04. The van der Waals surface area contributed by atoms with Gasteiger partial charge >= 0.3 is 0 Å². The van der Waals surface area contributed by atoms with E-state index in [0.29, 0.717) is 17.5 Å². The summed E-state index contributed by atoms with van der Waals surface area (Å²) >= 11 is 0. The molecule has 0 bridgehead atoms. The fourth-order valence-electron chi connectivity index (χ4n) is 2.85. The van der Waals surface area contributed by atoms with Gasteiger partial charge in [-0.15, -0.1) is 0 Å². The van der Waals surface area contributed by atoms with Gasteiger partial charge in [0.15, 0.2) is 11.6 Å². The van der Waals surface area contributed by atoms with Crippen molar-refractivity contribution >= 4 is 0 Å². The summed E-state index contributed by atoms with van der Waals surface area (Å²) in [6, 6.07) is 5.12. The quantitative estimate of drug-likeness (QED) is 0.902. The minimum atomic E-state index is -0.344. The van der Waals surface area contributed by atoms with Crippen LogP contribution in [0.25, 0.3) is 0 Å². The van der Waals surface area contributed by atoms with Crippen molar-refractivity contribution in [1.29, 1.82) is 0 Å². The van der Waals surface area contributed by atoms with E-state index in [1.54, 1.807) is 18.2 Å². The summed E-state index contributed by atoms with van der Waals surface area (Å²) in [7, 11) is 1.47. The maximum absolute atomic E-state index is 14.1. The summed E-state index contributed by atoms with van der Waals surface area (Å²) in [5.41, 5.74) is 6.50. The van der Waals surface area contributed by atoms with E-state index in [9.17, 15) is 4.39 Å². The van der Waals surface area contributed by atoms with Gasteiger partial charge in [0.25, 0.3) is 0 Å². The molecule has 0 spiro atoms. The first kappa shape index (κ1) is 16.2. The van der Waals surface area contributed by atoms with Gasteiger partial charge in [-0.2, -0.15) is 0 Å². The van der Waals surface area contributed by atoms with E-state index < -0.39 is 0 Å². The average Bonchev–Trinajstić information content (AvgIpc) is 2.48. The molecule has 0 atom stereocenters. The molecule has 2 N–H and O–H groups in total. The van der Waals surface area contributed by atoms with Crippen molar-refractivity contribution in [2.24, 2.45) is 11.1 Å². The molecule has 1 saturated carbocycles. The van der Waals surface area contributed by atoms with E-state index in [-0.39, 0.29) is 23.8 Å². The van der Waals surface area contributed by atoms with Crippen molar-refractivity contribution < 1.29 is 13.9 Å². The normalized spacial score (nSPS) is 20.2. The number of nitrogens with two attached hydrogens (primary N) is 1. The first-order valence-electron chi connectivity index (χ1n) is 7.57. The van der Waals surface area contributed by atoms with Crippen molar-refractivity contribution in [3.8, 4) is 5.75 Å². The second-order valence-corrected chi connectivity index (χ2v) is 6.77. The van der Waals surface area contributed by atoms with Crippen molar-refractivity contribution in [2.75, 3.05) is 13.7 Å². The molecule has 0 radical (unpaired) electrons. The zero-order valence-corrected chi connectivity index (χ0v) is 13.2. The van der Waals surface area contributed by atoms with Crippen LogP contribution in [0.5, 0.6) is 5.75 Å². The standard InChI is InChI=1S/C17H26FNO2/c1-16(2)7-9-17(12-19,10-8-16)21-11-13-5-4-6-14(20-3)15(13)18/h4-6H,7-12,19H2,1-3H3. The fourth-order valence-corrected chi connectivity index (χ4v) is 2.85. The molecule has 1 aromatic carbocycles. The molecular weight excluding hydrogens is 269 g/mol. The maximum Gasteiger partial charge on any atom is 0.170 e. The van der Waals surface area contributed by atoms with E-state index in [1.165, 1.54) is 7.11 Å². The highest BCUT2D eigenvalue weighted by atomic mass is 19.1. The van der Waals surface area contributed by atoms with Gasteiger partial charge in [-0.1, -0.05) is 26.0 Å². The van der Waals surface area contributed by atoms with E-state index in [1.807, 2.05) is 0 Å². The number of rotatable bonds is 5. The average molecular weight is 295 g/mol. The van der Waals surface area contributed by atoms with Gasteiger partial charge in [-0.25, -0.2) is 4.39 Å². The Hall–Kier alpha value is -1.13. The van der Waals surface area contributed by atoms with Crippen LogP contribution in [-0.2, 0) is 11.3 Å². The second kappa shape index (κ2) is 6.32. The lowest BCUT2D eigenvalue weighted by atomic mass is 9.71. The van der Waals surface area contributed by atoms with Gasteiger partial charge in [0, 0.05) is 12.1 Å². The van der Waals surface area contributed by atoms with Crippen molar-refractivity contribution in [1.82, 2.24) is 0 Å². The predicted octanol–water partition coefficient (Wildman–Crippen LogP) is 3.65. The van der Waals surface area contributed by atoms with Gasteiger partial charge in [0.05, 0.1) is 19.3 Å². The van der Waals surface area contributed by atoms with Gasteiger partial charge < -0.3 is 15.2 Å². The number of methoxy groups -OCH3 is 1. The summed E-state index contributed by atoms with van der Waals surface area (Å²) in [4.78, 5) is 0. The van der Waals surface area contributed by atoms with Gasteiger partial charge in [-0.3, -0.25) is 0 Å². The molecule has 1 aromatic rings. The molecule has 21 heavy (non-hydrogen) atoms. The molecule has 118 valence electrons. The molecule has 0 heterocycles. The Kier molecular flexibility index (Phi) is 4.89. The summed E-state index contributed by atoms with van der Waals surface area (Å²) < 4.78 is 25.2. The highest BCUT2D eigenvalue weighted by Gasteiger charge is 2.38. The molecule has 1 fully saturated rings. The van der Waals surface area contributed by atoms with Gasteiger partial charge in [0.1, 0.15) is 0 Å². The summed E-state index contributed by atoms with van der Waals surface area (Å²) in [5, 5.41) is 0. The lowest BCUT2D eigenvalue weighted by molar-refractivity contribution is -0.0911. The molecule has 4 heteroatoms.